The summed E-state index contributed by atoms with van der Waals surface area (Å²) in [4.78, 5) is 25.2. The van der Waals surface area contributed by atoms with E-state index in [9.17, 15) is 14.9 Å². The second-order valence-electron chi connectivity index (χ2n) is 6.59. The number of non-ortho nitro benzene ring substituents is 1. The van der Waals surface area contributed by atoms with E-state index in [-0.39, 0.29) is 17.6 Å². The Hall–Kier alpha value is -2.93. The molecule has 142 valence electrons. The van der Waals surface area contributed by atoms with Crippen molar-refractivity contribution in [3.63, 3.8) is 0 Å². The van der Waals surface area contributed by atoms with Gasteiger partial charge in [0.25, 0.3) is 5.69 Å². The lowest BCUT2D eigenvalue weighted by atomic mass is 10.1. The first-order chi connectivity index (χ1) is 13.1. The number of hydrogen-bond donors (Lipinski definition) is 1. The Morgan fingerprint density at radius 2 is 1.93 bits per heavy atom. The molecule has 3 rings (SSSR count). The number of rotatable bonds is 7. The largest absolute Gasteiger partial charge is 0.497 e. The zero-order chi connectivity index (χ0) is 19.2. The van der Waals surface area contributed by atoms with Crippen LogP contribution in [0.25, 0.3) is 0 Å². The number of likely N-dealkylation sites (tertiary alicyclic amines) is 1. The molecule has 27 heavy (non-hydrogen) atoms. The fraction of sp³-hybridized carbons (Fsp3) is 0.350. The van der Waals surface area contributed by atoms with Crippen molar-refractivity contribution < 1.29 is 14.5 Å². The van der Waals surface area contributed by atoms with Crippen molar-refractivity contribution in [3.8, 4) is 5.75 Å². The minimum Gasteiger partial charge on any atom is -0.497 e. The lowest BCUT2D eigenvalue weighted by molar-refractivity contribution is -0.384. The molecule has 7 heteroatoms. The van der Waals surface area contributed by atoms with Gasteiger partial charge in [-0.1, -0.05) is 12.1 Å². The number of amides is 1. The summed E-state index contributed by atoms with van der Waals surface area (Å²) in [5, 5.41) is 13.7. The number of carbonyl (C=O) groups is 1. The van der Waals surface area contributed by atoms with E-state index in [2.05, 4.69) is 10.2 Å². The Balaban J connectivity index is 1.55. The summed E-state index contributed by atoms with van der Waals surface area (Å²) in [7, 11) is 1.61. The van der Waals surface area contributed by atoms with E-state index in [1.165, 1.54) is 12.1 Å². The third-order valence-corrected chi connectivity index (χ3v) is 4.86. The van der Waals surface area contributed by atoms with Crippen molar-refractivity contribution >= 4 is 17.3 Å². The topological polar surface area (TPSA) is 84.7 Å². The molecular formula is C20H23N3O4. The molecule has 0 spiro atoms. The summed E-state index contributed by atoms with van der Waals surface area (Å²) in [5.74, 6) is 0.750. The summed E-state index contributed by atoms with van der Waals surface area (Å²) in [6.45, 7) is 1.63. The predicted molar refractivity (Wildman–Crippen MR) is 103 cm³/mol. The maximum Gasteiger partial charge on any atom is 0.269 e. The second kappa shape index (κ2) is 8.64. The molecule has 1 aliphatic rings. The standard InChI is InChI=1S/C20H23N3O4/c1-27-18-10-6-16(7-11-18)21-20(24)19-3-2-13-22(19)14-12-15-4-8-17(9-5-15)23(25)26/h4-11,19H,2-3,12-14H2,1H3,(H,21,24). The van der Waals surface area contributed by atoms with Crippen molar-refractivity contribution in [2.75, 3.05) is 25.5 Å². The second-order valence-corrected chi connectivity index (χ2v) is 6.59. The van der Waals surface area contributed by atoms with Crippen molar-refractivity contribution in [1.29, 1.82) is 0 Å². The summed E-state index contributed by atoms with van der Waals surface area (Å²) in [5.41, 5.74) is 1.88. The van der Waals surface area contributed by atoms with Crippen LogP contribution in [0.2, 0.25) is 0 Å². The van der Waals surface area contributed by atoms with E-state index in [1.54, 1.807) is 19.2 Å². The molecule has 0 saturated carbocycles. The number of carbonyl (C=O) groups excluding carboxylic acids is 1. The van der Waals surface area contributed by atoms with E-state index in [4.69, 9.17) is 4.74 Å². The van der Waals surface area contributed by atoms with Crippen LogP contribution in [-0.2, 0) is 11.2 Å². The Morgan fingerprint density at radius 1 is 1.22 bits per heavy atom. The molecule has 1 atom stereocenters. The first kappa shape index (κ1) is 18.8. The van der Waals surface area contributed by atoms with Gasteiger partial charge in [-0.2, -0.15) is 0 Å². The predicted octanol–water partition coefficient (Wildman–Crippen LogP) is 3.25. The number of hydrogen-bond acceptors (Lipinski definition) is 5. The van der Waals surface area contributed by atoms with E-state index < -0.39 is 4.92 Å². The Morgan fingerprint density at radius 3 is 2.56 bits per heavy atom. The smallest absolute Gasteiger partial charge is 0.269 e. The lowest BCUT2D eigenvalue weighted by Gasteiger charge is -2.23. The lowest BCUT2D eigenvalue weighted by Crippen LogP contribution is -2.40. The summed E-state index contributed by atoms with van der Waals surface area (Å²) in [6.07, 6.45) is 2.58. The molecule has 1 heterocycles. The number of nitro benzene ring substituents is 1. The minimum atomic E-state index is -0.399. The van der Waals surface area contributed by atoms with E-state index in [1.807, 2.05) is 24.3 Å². The molecule has 7 nitrogen and oxygen atoms in total. The van der Waals surface area contributed by atoms with Crippen LogP contribution < -0.4 is 10.1 Å². The third-order valence-electron chi connectivity index (χ3n) is 4.86. The molecule has 1 fully saturated rings. The van der Waals surface area contributed by atoms with E-state index in [0.717, 1.165) is 49.4 Å². The van der Waals surface area contributed by atoms with Crippen LogP contribution >= 0.6 is 0 Å². The Bertz CT molecular complexity index is 790. The van der Waals surface area contributed by atoms with E-state index >= 15 is 0 Å². The van der Waals surface area contributed by atoms with Crippen molar-refractivity contribution in [3.05, 3.63) is 64.2 Å². The highest BCUT2D eigenvalue weighted by molar-refractivity contribution is 5.95. The number of nitrogens with zero attached hydrogens (tertiary/aromatic N) is 2. The fourth-order valence-corrected chi connectivity index (χ4v) is 3.35. The SMILES string of the molecule is COc1ccc(NC(=O)C2CCCN2CCc2ccc([N+](=O)[O-])cc2)cc1. The van der Waals surface area contributed by atoms with Gasteiger partial charge in [0, 0.05) is 24.4 Å². The summed E-state index contributed by atoms with van der Waals surface area (Å²) < 4.78 is 5.13. The van der Waals surface area contributed by atoms with Crippen LogP contribution in [-0.4, -0.2) is 42.0 Å². The molecule has 0 aliphatic carbocycles. The van der Waals surface area contributed by atoms with Crippen molar-refractivity contribution in [1.82, 2.24) is 4.90 Å². The molecule has 2 aromatic rings. The van der Waals surface area contributed by atoms with Gasteiger partial charge in [0.2, 0.25) is 5.91 Å². The maximum atomic E-state index is 12.7. The van der Waals surface area contributed by atoms with Crippen LogP contribution in [0, 0.1) is 10.1 Å². The number of ether oxygens (including phenoxy) is 1. The Kier molecular flexibility index (Phi) is 6.03. The quantitative estimate of drug-likeness (QED) is 0.598. The normalized spacial score (nSPS) is 16.9. The van der Waals surface area contributed by atoms with Gasteiger partial charge in [-0.05, 0) is 55.6 Å². The number of anilines is 1. The number of methoxy groups -OCH3 is 1. The monoisotopic (exact) mass is 369 g/mol. The first-order valence-electron chi connectivity index (χ1n) is 8.99. The fourth-order valence-electron chi connectivity index (χ4n) is 3.35. The summed E-state index contributed by atoms with van der Waals surface area (Å²) >= 11 is 0. The van der Waals surface area contributed by atoms with Crippen LogP contribution in [0.15, 0.2) is 48.5 Å². The van der Waals surface area contributed by atoms with E-state index in [0.29, 0.717) is 0 Å². The molecular weight excluding hydrogens is 346 g/mol. The van der Waals surface area contributed by atoms with Crippen LogP contribution in [0.3, 0.4) is 0 Å². The highest BCUT2D eigenvalue weighted by Crippen LogP contribution is 2.21. The van der Waals surface area contributed by atoms with Crippen molar-refractivity contribution in [2.24, 2.45) is 0 Å². The van der Waals surface area contributed by atoms with Gasteiger partial charge < -0.3 is 10.1 Å². The third kappa shape index (κ3) is 4.83. The van der Waals surface area contributed by atoms with Gasteiger partial charge >= 0.3 is 0 Å². The molecule has 1 saturated heterocycles. The molecule has 1 amide bonds. The number of nitro groups is 1. The molecule has 1 aliphatic heterocycles. The van der Waals surface area contributed by atoms with Gasteiger partial charge in [0.15, 0.2) is 0 Å². The van der Waals surface area contributed by atoms with Crippen LogP contribution in [0.1, 0.15) is 18.4 Å². The highest BCUT2D eigenvalue weighted by atomic mass is 16.6. The maximum absolute atomic E-state index is 12.7. The number of benzene rings is 2. The molecule has 1 N–H and O–H groups in total. The molecule has 2 aromatic carbocycles. The average Bonchev–Trinajstić information content (AvgIpc) is 3.16. The van der Waals surface area contributed by atoms with Gasteiger partial charge in [0.05, 0.1) is 18.1 Å². The zero-order valence-electron chi connectivity index (χ0n) is 15.3. The van der Waals surface area contributed by atoms with Gasteiger partial charge in [-0.15, -0.1) is 0 Å². The zero-order valence-corrected chi connectivity index (χ0v) is 15.3. The molecule has 0 bridgehead atoms. The minimum absolute atomic E-state index is 0.00127. The van der Waals surface area contributed by atoms with Gasteiger partial charge in [0.1, 0.15) is 5.75 Å². The van der Waals surface area contributed by atoms with Gasteiger partial charge in [-0.25, -0.2) is 0 Å². The van der Waals surface area contributed by atoms with Crippen molar-refractivity contribution in [2.45, 2.75) is 25.3 Å². The Labute approximate surface area is 158 Å². The first-order valence-corrected chi connectivity index (χ1v) is 8.99. The molecule has 0 aromatic heterocycles. The van der Waals surface area contributed by atoms with Crippen LogP contribution in [0.4, 0.5) is 11.4 Å². The number of nitrogens with one attached hydrogen (secondary N) is 1. The highest BCUT2D eigenvalue weighted by Gasteiger charge is 2.30. The summed E-state index contributed by atoms with van der Waals surface area (Å²) in [6, 6.07) is 13.7. The molecule has 1 unspecified atom stereocenters. The van der Waals surface area contributed by atoms with Gasteiger partial charge in [-0.3, -0.25) is 19.8 Å². The van der Waals surface area contributed by atoms with Crippen LogP contribution in [0.5, 0.6) is 5.75 Å². The average molecular weight is 369 g/mol. The molecule has 0 radical (unpaired) electrons.